The van der Waals surface area contributed by atoms with Crippen molar-refractivity contribution in [2.45, 2.75) is 6.92 Å². The van der Waals surface area contributed by atoms with Gasteiger partial charge in [0.15, 0.2) is 0 Å². The Kier molecular flexibility index (Phi) is 3.69. The lowest BCUT2D eigenvalue weighted by molar-refractivity contribution is 0.0697. The second-order valence-electron chi connectivity index (χ2n) is 3.54. The number of nitrogens with one attached hydrogen (secondary N) is 1. The zero-order chi connectivity index (χ0) is 13.0. The molecule has 0 saturated heterocycles. The lowest BCUT2D eigenvalue weighted by Gasteiger charge is -1.99. The van der Waals surface area contributed by atoms with Gasteiger partial charge in [0.25, 0.3) is 0 Å². The predicted octanol–water partition coefficient (Wildman–Crippen LogP) is 2.60. The number of carboxylic acids is 1. The van der Waals surface area contributed by atoms with Gasteiger partial charge in [0.1, 0.15) is 0 Å². The standard InChI is InChI=1S/C12H11N3O2S/c1-8-14-11(7-18-8)6-13-15-10-4-2-9(3-5-10)12(16)17/h2-7,15H,1H3,(H,16,17)/b13-6-. The van der Waals surface area contributed by atoms with Gasteiger partial charge in [-0.3, -0.25) is 5.43 Å². The number of aryl methyl sites for hydroxylation is 1. The maximum absolute atomic E-state index is 10.7. The normalized spacial score (nSPS) is 10.7. The Morgan fingerprint density at radius 2 is 2.17 bits per heavy atom. The molecule has 0 unspecified atom stereocenters. The van der Waals surface area contributed by atoms with Crippen LogP contribution in [0.25, 0.3) is 0 Å². The highest BCUT2D eigenvalue weighted by molar-refractivity contribution is 7.09. The molecular formula is C12H11N3O2S. The summed E-state index contributed by atoms with van der Waals surface area (Å²) < 4.78 is 0. The molecule has 0 spiro atoms. The summed E-state index contributed by atoms with van der Waals surface area (Å²) in [6.07, 6.45) is 1.62. The van der Waals surface area contributed by atoms with Crippen LogP contribution in [-0.4, -0.2) is 22.3 Å². The van der Waals surface area contributed by atoms with E-state index >= 15 is 0 Å². The molecule has 5 nitrogen and oxygen atoms in total. The number of benzene rings is 1. The summed E-state index contributed by atoms with van der Waals surface area (Å²) >= 11 is 1.56. The molecule has 0 aliphatic rings. The highest BCUT2D eigenvalue weighted by Gasteiger charge is 2.00. The average Bonchev–Trinajstić information content (AvgIpc) is 2.76. The number of thiazole rings is 1. The van der Waals surface area contributed by atoms with Crippen LogP contribution in [0.4, 0.5) is 5.69 Å². The van der Waals surface area contributed by atoms with E-state index in [1.807, 2.05) is 12.3 Å². The fraction of sp³-hybridized carbons (Fsp3) is 0.0833. The minimum atomic E-state index is -0.942. The number of hydrogen-bond donors (Lipinski definition) is 2. The van der Waals surface area contributed by atoms with Crippen LogP contribution in [0.3, 0.4) is 0 Å². The van der Waals surface area contributed by atoms with E-state index in [-0.39, 0.29) is 5.56 Å². The zero-order valence-electron chi connectivity index (χ0n) is 9.62. The first-order valence-corrected chi connectivity index (χ1v) is 6.07. The Labute approximate surface area is 108 Å². The number of aromatic carboxylic acids is 1. The fourth-order valence-corrected chi connectivity index (χ4v) is 1.86. The number of carbonyl (C=O) groups is 1. The minimum absolute atomic E-state index is 0.250. The van der Waals surface area contributed by atoms with Crippen molar-refractivity contribution < 1.29 is 9.90 Å². The number of hydrogen-bond acceptors (Lipinski definition) is 5. The fourth-order valence-electron chi connectivity index (χ4n) is 1.30. The van der Waals surface area contributed by atoms with Crippen molar-refractivity contribution >= 4 is 29.2 Å². The van der Waals surface area contributed by atoms with Gasteiger partial charge in [-0.15, -0.1) is 11.3 Å². The van der Waals surface area contributed by atoms with Crippen molar-refractivity contribution in [3.63, 3.8) is 0 Å². The molecule has 1 aromatic heterocycles. The average molecular weight is 261 g/mol. The molecule has 0 saturated carbocycles. The predicted molar refractivity (Wildman–Crippen MR) is 71.5 cm³/mol. The van der Waals surface area contributed by atoms with Crippen LogP contribution in [0, 0.1) is 6.92 Å². The summed E-state index contributed by atoms with van der Waals surface area (Å²) in [7, 11) is 0. The van der Waals surface area contributed by atoms with Crippen LogP contribution >= 0.6 is 11.3 Å². The van der Waals surface area contributed by atoms with E-state index in [9.17, 15) is 4.79 Å². The highest BCUT2D eigenvalue weighted by atomic mass is 32.1. The summed E-state index contributed by atoms with van der Waals surface area (Å²) in [4.78, 5) is 14.9. The van der Waals surface area contributed by atoms with E-state index < -0.39 is 5.97 Å². The largest absolute Gasteiger partial charge is 0.478 e. The van der Waals surface area contributed by atoms with Crippen molar-refractivity contribution in [3.8, 4) is 0 Å². The van der Waals surface area contributed by atoms with Crippen LogP contribution < -0.4 is 5.43 Å². The lowest BCUT2D eigenvalue weighted by atomic mass is 10.2. The first-order valence-electron chi connectivity index (χ1n) is 5.20. The van der Waals surface area contributed by atoms with Gasteiger partial charge in [0.2, 0.25) is 0 Å². The molecular weight excluding hydrogens is 250 g/mol. The summed E-state index contributed by atoms with van der Waals surface area (Å²) in [6.45, 7) is 1.93. The molecule has 0 amide bonds. The first-order chi connectivity index (χ1) is 8.65. The van der Waals surface area contributed by atoms with E-state index in [1.165, 1.54) is 12.1 Å². The quantitative estimate of drug-likeness (QED) is 0.655. The maximum Gasteiger partial charge on any atom is 0.335 e. The Bertz CT molecular complexity index is 575. The van der Waals surface area contributed by atoms with E-state index in [2.05, 4.69) is 15.5 Å². The number of carboxylic acid groups (broad SMARTS) is 1. The van der Waals surface area contributed by atoms with E-state index in [4.69, 9.17) is 5.11 Å². The third-order valence-electron chi connectivity index (χ3n) is 2.16. The molecule has 2 N–H and O–H groups in total. The van der Waals surface area contributed by atoms with Gasteiger partial charge in [0, 0.05) is 5.38 Å². The van der Waals surface area contributed by atoms with Crippen molar-refractivity contribution in [3.05, 3.63) is 45.9 Å². The number of anilines is 1. The first kappa shape index (κ1) is 12.3. The molecule has 1 aromatic carbocycles. The molecule has 18 heavy (non-hydrogen) atoms. The van der Waals surface area contributed by atoms with Gasteiger partial charge in [-0.2, -0.15) is 5.10 Å². The second kappa shape index (κ2) is 5.42. The smallest absolute Gasteiger partial charge is 0.335 e. The number of rotatable bonds is 4. The molecule has 6 heteroatoms. The Balaban J connectivity index is 1.98. The van der Waals surface area contributed by atoms with Crippen LogP contribution in [0.2, 0.25) is 0 Å². The van der Waals surface area contributed by atoms with E-state index in [0.717, 1.165) is 16.4 Å². The lowest BCUT2D eigenvalue weighted by Crippen LogP contribution is -1.96. The monoisotopic (exact) mass is 261 g/mol. The summed E-state index contributed by atoms with van der Waals surface area (Å²) in [6, 6.07) is 6.36. The Morgan fingerprint density at radius 1 is 1.44 bits per heavy atom. The second-order valence-corrected chi connectivity index (χ2v) is 4.61. The Morgan fingerprint density at radius 3 is 2.72 bits per heavy atom. The van der Waals surface area contributed by atoms with Gasteiger partial charge < -0.3 is 5.11 Å². The van der Waals surface area contributed by atoms with Gasteiger partial charge in [-0.05, 0) is 31.2 Å². The molecule has 92 valence electrons. The molecule has 0 aliphatic carbocycles. The van der Waals surface area contributed by atoms with Crippen LogP contribution in [0.15, 0.2) is 34.7 Å². The van der Waals surface area contributed by atoms with Gasteiger partial charge in [-0.1, -0.05) is 0 Å². The summed E-state index contributed by atoms with van der Waals surface area (Å²) in [5.74, 6) is -0.942. The molecule has 0 atom stereocenters. The molecule has 2 rings (SSSR count). The van der Waals surface area contributed by atoms with Gasteiger partial charge in [0.05, 0.1) is 28.2 Å². The number of aromatic nitrogens is 1. The minimum Gasteiger partial charge on any atom is -0.478 e. The molecule has 0 bridgehead atoms. The van der Waals surface area contributed by atoms with Crippen molar-refractivity contribution in [2.24, 2.45) is 5.10 Å². The van der Waals surface area contributed by atoms with Crippen molar-refractivity contribution in [2.75, 3.05) is 5.43 Å². The number of hydrazone groups is 1. The van der Waals surface area contributed by atoms with Crippen LogP contribution in [0.1, 0.15) is 21.1 Å². The number of nitrogens with zero attached hydrogens (tertiary/aromatic N) is 2. The highest BCUT2D eigenvalue weighted by Crippen LogP contribution is 2.10. The third-order valence-corrected chi connectivity index (χ3v) is 2.95. The molecule has 0 radical (unpaired) electrons. The van der Waals surface area contributed by atoms with Gasteiger partial charge >= 0.3 is 5.97 Å². The maximum atomic E-state index is 10.7. The molecule has 0 aliphatic heterocycles. The molecule has 2 aromatic rings. The van der Waals surface area contributed by atoms with Crippen LogP contribution in [-0.2, 0) is 0 Å². The van der Waals surface area contributed by atoms with E-state index in [0.29, 0.717) is 0 Å². The molecule has 0 fully saturated rings. The van der Waals surface area contributed by atoms with Crippen LogP contribution in [0.5, 0.6) is 0 Å². The van der Waals surface area contributed by atoms with Crippen molar-refractivity contribution in [1.82, 2.24) is 4.98 Å². The third kappa shape index (κ3) is 3.14. The van der Waals surface area contributed by atoms with Crippen molar-refractivity contribution in [1.29, 1.82) is 0 Å². The molecule has 1 heterocycles. The summed E-state index contributed by atoms with van der Waals surface area (Å²) in [5, 5.41) is 15.7. The topological polar surface area (TPSA) is 74.6 Å². The van der Waals surface area contributed by atoms with Gasteiger partial charge in [-0.25, -0.2) is 9.78 Å². The Hall–Kier alpha value is -2.21. The van der Waals surface area contributed by atoms with E-state index in [1.54, 1.807) is 29.7 Å². The summed E-state index contributed by atoms with van der Waals surface area (Å²) in [5.41, 5.74) is 4.58. The SMILES string of the molecule is Cc1nc(/C=N\Nc2ccc(C(=O)O)cc2)cs1. The zero-order valence-corrected chi connectivity index (χ0v) is 10.4.